The SMILES string of the molecule is C=CCC1(S(=O)[O-])CC1. The zero-order valence-corrected chi connectivity index (χ0v) is 5.95. The molecule has 0 spiro atoms. The molecule has 0 aliphatic heterocycles. The number of allylic oxidation sites excluding steroid dienone is 1. The predicted molar refractivity (Wildman–Crippen MR) is 35.7 cm³/mol. The Balaban J connectivity index is 2.52. The average molecular weight is 145 g/mol. The Kier molecular flexibility index (Phi) is 1.73. The fraction of sp³-hybridized carbons (Fsp3) is 0.667. The van der Waals surface area contributed by atoms with E-state index in [0.717, 1.165) is 12.8 Å². The molecule has 0 heterocycles. The molecule has 0 aromatic rings. The van der Waals surface area contributed by atoms with Gasteiger partial charge in [-0.3, -0.25) is 4.21 Å². The third-order valence-electron chi connectivity index (χ3n) is 1.68. The summed E-state index contributed by atoms with van der Waals surface area (Å²) in [6, 6.07) is 0. The van der Waals surface area contributed by atoms with Crippen molar-refractivity contribution >= 4 is 11.1 Å². The van der Waals surface area contributed by atoms with Gasteiger partial charge >= 0.3 is 0 Å². The number of hydrogen-bond donors (Lipinski definition) is 0. The van der Waals surface area contributed by atoms with Crippen molar-refractivity contribution in [3.63, 3.8) is 0 Å². The van der Waals surface area contributed by atoms with Crippen LogP contribution in [-0.2, 0) is 11.1 Å². The highest BCUT2D eigenvalue weighted by atomic mass is 32.2. The third-order valence-corrected chi connectivity index (χ3v) is 2.96. The third kappa shape index (κ3) is 1.22. The van der Waals surface area contributed by atoms with Gasteiger partial charge in [0.2, 0.25) is 0 Å². The lowest BCUT2D eigenvalue weighted by Crippen LogP contribution is -2.14. The highest BCUT2D eigenvalue weighted by Crippen LogP contribution is 2.43. The molecule has 2 nitrogen and oxygen atoms in total. The van der Waals surface area contributed by atoms with E-state index < -0.39 is 15.8 Å². The van der Waals surface area contributed by atoms with Crippen LogP contribution in [0.5, 0.6) is 0 Å². The van der Waals surface area contributed by atoms with Gasteiger partial charge in [-0.05, 0) is 30.3 Å². The molecule has 1 atom stereocenters. The molecule has 1 aliphatic carbocycles. The summed E-state index contributed by atoms with van der Waals surface area (Å²) in [7, 11) is 0. The van der Waals surface area contributed by atoms with Gasteiger partial charge in [0, 0.05) is 4.75 Å². The van der Waals surface area contributed by atoms with Crippen LogP contribution in [0.1, 0.15) is 19.3 Å². The molecule has 0 saturated heterocycles. The molecule has 0 aromatic carbocycles. The van der Waals surface area contributed by atoms with E-state index in [2.05, 4.69) is 6.58 Å². The van der Waals surface area contributed by atoms with Crippen molar-refractivity contribution in [1.29, 1.82) is 0 Å². The standard InChI is InChI=1S/C6H10O2S/c1-2-3-6(4-5-6)9(7)8/h2H,1,3-5H2,(H,7,8)/p-1. The van der Waals surface area contributed by atoms with Gasteiger partial charge < -0.3 is 4.55 Å². The lowest BCUT2D eigenvalue weighted by atomic mass is 10.3. The summed E-state index contributed by atoms with van der Waals surface area (Å²) >= 11 is -1.89. The Morgan fingerprint density at radius 1 is 1.78 bits per heavy atom. The first-order valence-corrected chi connectivity index (χ1v) is 3.99. The van der Waals surface area contributed by atoms with Crippen LogP contribution in [0.25, 0.3) is 0 Å². The maximum Gasteiger partial charge on any atom is 0.0362 e. The van der Waals surface area contributed by atoms with Crippen LogP contribution in [0.3, 0.4) is 0 Å². The summed E-state index contributed by atoms with van der Waals surface area (Å²) in [5.41, 5.74) is 0. The van der Waals surface area contributed by atoms with Crippen LogP contribution in [0, 0.1) is 0 Å². The maximum absolute atomic E-state index is 10.4. The van der Waals surface area contributed by atoms with Crippen molar-refractivity contribution in [3.8, 4) is 0 Å². The van der Waals surface area contributed by atoms with Gasteiger partial charge in [-0.2, -0.15) is 0 Å². The van der Waals surface area contributed by atoms with Crippen molar-refractivity contribution in [2.75, 3.05) is 0 Å². The Morgan fingerprint density at radius 3 is 2.44 bits per heavy atom. The van der Waals surface area contributed by atoms with Gasteiger partial charge in [-0.1, -0.05) is 6.08 Å². The van der Waals surface area contributed by atoms with E-state index in [0.29, 0.717) is 6.42 Å². The monoisotopic (exact) mass is 145 g/mol. The summed E-state index contributed by atoms with van der Waals surface area (Å²) in [6.45, 7) is 3.49. The highest BCUT2D eigenvalue weighted by Gasteiger charge is 2.42. The molecule has 1 unspecified atom stereocenters. The second-order valence-electron chi connectivity index (χ2n) is 2.41. The zero-order valence-electron chi connectivity index (χ0n) is 5.13. The summed E-state index contributed by atoms with van der Waals surface area (Å²) in [6.07, 6.45) is 3.91. The molecule has 3 heteroatoms. The lowest BCUT2D eigenvalue weighted by molar-refractivity contribution is 0.518. The van der Waals surface area contributed by atoms with Gasteiger partial charge in [0.05, 0.1) is 0 Å². The summed E-state index contributed by atoms with van der Waals surface area (Å²) in [5.74, 6) is 0. The average Bonchev–Trinajstić information content (AvgIpc) is 2.49. The molecular formula is C6H9O2S-. The van der Waals surface area contributed by atoms with E-state index in [1.54, 1.807) is 6.08 Å². The smallest absolute Gasteiger partial charge is 0.0362 e. The molecular weight excluding hydrogens is 136 g/mol. The van der Waals surface area contributed by atoms with Crippen LogP contribution in [0.15, 0.2) is 12.7 Å². The topological polar surface area (TPSA) is 40.1 Å². The van der Waals surface area contributed by atoms with Gasteiger partial charge in [0.15, 0.2) is 0 Å². The normalized spacial score (nSPS) is 25.0. The maximum atomic E-state index is 10.4. The summed E-state index contributed by atoms with van der Waals surface area (Å²) in [4.78, 5) is 0. The molecule has 0 amide bonds. The molecule has 1 aliphatic rings. The fourth-order valence-corrected chi connectivity index (χ4v) is 1.53. The van der Waals surface area contributed by atoms with Crippen LogP contribution >= 0.6 is 0 Å². The van der Waals surface area contributed by atoms with Crippen LogP contribution in [0.4, 0.5) is 0 Å². The fourth-order valence-electron chi connectivity index (χ4n) is 0.841. The van der Waals surface area contributed by atoms with Crippen molar-refractivity contribution in [2.24, 2.45) is 0 Å². The molecule has 1 rings (SSSR count). The Hall–Kier alpha value is -0.150. The second kappa shape index (κ2) is 2.23. The minimum atomic E-state index is -1.89. The van der Waals surface area contributed by atoms with E-state index in [1.165, 1.54) is 0 Å². The first-order chi connectivity index (χ1) is 4.21. The van der Waals surface area contributed by atoms with Crippen molar-refractivity contribution in [1.82, 2.24) is 0 Å². The minimum Gasteiger partial charge on any atom is -0.772 e. The van der Waals surface area contributed by atoms with Crippen LogP contribution in [-0.4, -0.2) is 13.5 Å². The van der Waals surface area contributed by atoms with E-state index in [1.807, 2.05) is 0 Å². The van der Waals surface area contributed by atoms with Gasteiger partial charge in [-0.15, -0.1) is 6.58 Å². The first kappa shape index (κ1) is 6.96. The number of hydrogen-bond acceptors (Lipinski definition) is 2. The molecule has 52 valence electrons. The van der Waals surface area contributed by atoms with E-state index in [4.69, 9.17) is 0 Å². The largest absolute Gasteiger partial charge is 0.772 e. The van der Waals surface area contributed by atoms with Crippen molar-refractivity contribution in [3.05, 3.63) is 12.7 Å². The lowest BCUT2D eigenvalue weighted by Gasteiger charge is -2.15. The van der Waals surface area contributed by atoms with Gasteiger partial charge in [0.1, 0.15) is 0 Å². The molecule has 1 saturated carbocycles. The highest BCUT2D eigenvalue weighted by molar-refractivity contribution is 7.81. The van der Waals surface area contributed by atoms with Crippen molar-refractivity contribution in [2.45, 2.75) is 24.0 Å². The summed E-state index contributed by atoms with van der Waals surface area (Å²) < 4.78 is 20.5. The first-order valence-electron chi connectivity index (χ1n) is 2.91. The van der Waals surface area contributed by atoms with Crippen LogP contribution < -0.4 is 0 Å². The van der Waals surface area contributed by atoms with Gasteiger partial charge in [0.25, 0.3) is 0 Å². The van der Waals surface area contributed by atoms with E-state index in [9.17, 15) is 8.76 Å². The molecule has 1 fully saturated rings. The van der Waals surface area contributed by atoms with Crippen LogP contribution in [0.2, 0.25) is 0 Å². The van der Waals surface area contributed by atoms with Gasteiger partial charge in [-0.25, -0.2) is 0 Å². The Labute approximate surface area is 57.2 Å². The van der Waals surface area contributed by atoms with Crippen molar-refractivity contribution < 1.29 is 8.76 Å². The summed E-state index contributed by atoms with van der Waals surface area (Å²) in [5, 5.41) is 0. The molecule has 0 N–H and O–H groups in total. The molecule has 0 radical (unpaired) electrons. The quantitative estimate of drug-likeness (QED) is 0.438. The predicted octanol–water partition coefficient (Wildman–Crippen LogP) is 0.974. The van der Waals surface area contributed by atoms with E-state index >= 15 is 0 Å². The molecule has 0 aromatic heterocycles. The molecule has 0 bridgehead atoms. The second-order valence-corrected chi connectivity index (χ2v) is 3.75. The minimum absolute atomic E-state index is 0.401. The molecule has 9 heavy (non-hydrogen) atoms. The Bertz CT molecular complexity index is 149. The number of rotatable bonds is 3. The zero-order chi connectivity index (χ0) is 6.91. The Morgan fingerprint density at radius 2 is 2.33 bits per heavy atom. The van der Waals surface area contributed by atoms with E-state index in [-0.39, 0.29) is 0 Å².